The molecule has 1 heterocycles. The van der Waals surface area contributed by atoms with E-state index in [4.69, 9.17) is 16.7 Å². The van der Waals surface area contributed by atoms with Gasteiger partial charge in [-0.2, -0.15) is 0 Å². The Kier molecular flexibility index (Phi) is 3.02. The molecular weight excluding hydrogens is 255 g/mol. The molecule has 1 fully saturated rings. The van der Waals surface area contributed by atoms with Gasteiger partial charge in [0.05, 0.1) is 0 Å². The van der Waals surface area contributed by atoms with Crippen LogP contribution >= 0.6 is 19.7 Å². The molecule has 2 rings (SSSR count). The highest BCUT2D eigenvalue weighted by Gasteiger charge is 2.56. The number of benzene rings is 1. The summed E-state index contributed by atoms with van der Waals surface area (Å²) in [6, 6.07) is 9.57. The summed E-state index contributed by atoms with van der Waals surface area (Å²) in [4.78, 5) is 0. The van der Waals surface area contributed by atoms with Gasteiger partial charge < -0.3 is 9.84 Å². The van der Waals surface area contributed by atoms with Crippen molar-refractivity contribution in [3.63, 3.8) is 0 Å². The maximum Gasteiger partial charge on any atom is 0.326 e. The van der Waals surface area contributed by atoms with Crippen LogP contribution < -0.4 is 5.32 Å². The van der Waals surface area contributed by atoms with Crippen LogP contribution in [0.5, 0.6) is 0 Å². The minimum atomic E-state index is -3.06. The Morgan fingerprint density at radius 2 is 2.00 bits per heavy atom. The van der Waals surface area contributed by atoms with Gasteiger partial charge in [0.15, 0.2) is 10.4 Å². The van der Waals surface area contributed by atoms with E-state index < -0.39 is 12.8 Å². The molecule has 0 spiro atoms. The van der Waals surface area contributed by atoms with Crippen molar-refractivity contribution >= 4 is 24.8 Å². The van der Waals surface area contributed by atoms with Crippen LogP contribution in [0.25, 0.3) is 0 Å². The molecule has 92 valence electrons. The SMILES string of the molecule is COP1(=O)N(C)C(=S)NC1(C)c1ccccc1. The third-order valence-electron chi connectivity index (χ3n) is 3.19. The van der Waals surface area contributed by atoms with Gasteiger partial charge in [0.2, 0.25) is 0 Å². The van der Waals surface area contributed by atoms with Crippen molar-refractivity contribution in [3.8, 4) is 0 Å². The summed E-state index contributed by atoms with van der Waals surface area (Å²) in [7, 11) is 0.0797. The van der Waals surface area contributed by atoms with E-state index in [1.54, 1.807) is 7.05 Å². The molecule has 1 aromatic rings. The third-order valence-corrected chi connectivity index (χ3v) is 6.68. The van der Waals surface area contributed by atoms with E-state index in [2.05, 4.69) is 5.32 Å². The monoisotopic (exact) mass is 270 g/mol. The molecule has 1 N–H and O–H groups in total. The van der Waals surface area contributed by atoms with E-state index in [1.807, 2.05) is 37.3 Å². The summed E-state index contributed by atoms with van der Waals surface area (Å²) in [6.45, 7) is 1.85. The lowest BCUT2D eigenvalue weighted by Gasteiger charge is -2.31. The molecule has 0 aliphatic carbocycles. The predicted molar refractivity (Wildman–Crippen MR) is 71.9 cm³/mol. The highest BCUT2D eigenvalue weighted by molar-refractivity contribution is 7.81. The Morgan fingerprint density at radius 1 is 1.41 bits per heavy atom. The zero-order chi connectivity index (χ0) is 12.7. The van der Waals surface area contributed by atoms with Crippen molar-refractivity contribution in [1.29, 1.82) is 0 Å². The fourth-order valence-corrected chi connectivity index (χ4v) is 4.91. The Morgan fingerprint density at radius 3 is 2.53 bits per heavy atom. The van der Waals surface area contributed by atoms with Crippen LogP contribution in [0.4, 0.5) is 0 Å². The van der Waals surface area contributed by atoms with Crippen molar-refractivity contribution in [3.05, 3.63) is 35.9 Å². The molecule has 17 heavy (non-hydrogen) atoms. The van der Waals surface area contributed by atoms with E-state index in [0.717, 1.165) is 5.56 Å². The molecule has 1 aromatic carbocycles. The maximum atomic E-state index is 12.9. The van der Waals surface area contributed by atoms with E-state index >= 15 is 0 Å². The average molecular weight is 270 g/mol. The maximum absolute atomic E-state index is 12.9. The Bertz CT molecular complexity index is 494. The summed E-state index contributed by atoms with van der Waals surface area (Å²) in [5.41, 5.74) is 0.900. The molecule has 1 aliphatic heterocycles. The second kappa shape index (κ2) is 4.09. The van der Waals surface area contributed by atoms with Gasteiger partial charge in [-0.25, -0.2) is 0 Å². The summed E-state index contributed by atoms with van der Waals surface area (Å²) < 4.78 is 19.7. The molecule has 2 unspecified atom stereocenters. The van der Waals surface area contributed by atoms with E-state index in [0.29, 0.717) is 5.11 Å². The lowest BCUT2D eigenvalue weighted by atomic mass is 10.1. The second-order valence-corrected chi connectivity index (χ2v) is 7.38. The largest absolute Gasteiger partial charge is 0.343 e. The Hall–Kier alpha value is -0.900. The van der Waals surface area contributed by atoms with E-state index in [9.17, 15) is 4.57 Å². The molecule has 1 saturated heterocycles. The van der Waals surface area contributed by atoms with Crippen LogP contribution in [0.2, 0.25) is 0 Å². The van der Waals surface area contributed by atoms with Crippen molar-refractivity contribution in [2.75, 3.05) is 14.2 Å². The smallest absolute Gasteiger partial charge is 0.326 e. The van der Waals surface area contributed by atoms with Crippen molar-refractivity contribution in [2.24, 2.45) is 0 Å². The summed E-state index contributed by atoms with van der Waals surface area (Å²) in [6.07, 6.45) is 0. The van der Waals surface area contributed by atoms with Gasteiger partial charge in [0.1, 0.15) is 0 Å². The number of nitrogens with one attached hydrogen (secondary N) is 1. The molecular formula is C11H15N2O2PS. The molecule has 0 bridgehead atoms. The number of nitrogens with zero attached hydrogens (tertiary/aromatic N) is 1. The van der Waals surface area contributed by atoms with Gasteiger partial charge in [-0.3, -0.25) is 9.24 Å². The zero-order valence-corrected chi connectivity index (χ0v) is 11.7. The molecule has 6 heteroatoms. The summed E-state index contributed by atoms with van der Waals surface area (Å²) >= 11 is 5.17. The number of hydrogen-bond donors (Lipinski definition) is 1. The molecule has 0 aromatic heterocycles. The van der Waals surface area contributed by atoms with Crippen molar-refractivity contribution in [2.45, 2.75) is 12.2 Å². The number of thiocarbonyl (C=S) groups is 1. The Labute approximate surface area is 106 Å². The molecule has 0 saturated carbocycles. The van der Waals surface area contributed by atoms with Gasteiger partial charge in [-0.05, 0) is 24.7 Å². The number of hydrogen-bond acceptors (Lipinski definition) is 3. The van der Waals surface area contributed by atoms with Gasteiger partial charge in [0.25, 0.3) is 0 Å². The molecule has 0 radical (unpaired) electrons. The Balaban J connectivity index is 2.58. The standard InChI is InChI=1S/C11H15N2O2PS/c1-11(9-7-5-4-6-8-9)12-10(17)13(2)16(11,14)15-3/h4-8H,1-3H3,(H,12,17). The lowest BCUT2D eigenvalue weighted by molar-refractivity contribution is 0.340. The first-order chi connectivity index (χ1) is 7.95. The topological polar surface area (TPSA) is 41.6 Å². The van der Waals surface area contributed by atoms with Crippen LogP contribution in [0, 0.1) is 0 Å². The fourth-order valence-electron chi connectivity index (χ4n) is 2.08. The van der Waals surface area contributed by atoms with E-state index in [1.165, 1.54) is 11.8 Å². The van der Waals surface area contributed by atoms with Gasteiger partial charge >= 0.3 is 7.52 Å². The van der Waals surface area contributed by atoms with E-state index in [-0.39, 0.29) is 0 Å². The molecule has 2 atom stereocenters. The second-order valence-electron chi connectivity index (χ2n) is 4.09. The highest BCUT2D eigenvalue weighted by atomic mass is 32.1. The first-order valence-electron chi connectivity index (χ1n) is 5.23. The van der Waals surface area contributed by atoms with Crippen LogP contribution in [0.15, 0.2) is 30.3 Å². The van der Waals surface area contributed by atoms with Gasteiger partial charge in [0, 0.05) is 14.2 Å². The normalized spacial score (nSPS) is 32.6. The lowest BCUT2D eigenvalue weighted by Crippen LogP contribution is -2.35. The number of rotatable bonds is 2. The average Bonchev–Trinajstić information content (AvgIpc) is 2.53. The molecule has 4 nitrogen and oxygen atoms in total. The van der Waals surface area contributed by atoms with Crippen LogP contribution in [-0.4, -0.2) is 23.9 Å². The summed E-state index contributed by atoms with van der Waals surface area (Å²) in [5.74, 6) is 0. The zero-order valence-electron chi connectivity index (χ0n) is 10.0. The predicted octanol–water partition coefficient (Wildman–Crippen LogP) is 2.52. The van der Waals surface area contributed by atoms with Gasteiger partial charge in [-0.15, -0.1) is 0 Å². The quantitative estimate of drug-likeness (QED) is 0.660. The van der Waals surface area contributed by atoms with Crippen molar-refractivity contribution < 1.29 is 9.09 Å². The molecule has 1 aliphatic rings. The minimum Gasteiger partial charge on any atom is -0.343 e. The van der Waals surface area contributed by atoms with Crippen LogP contribution in [0.3, 0.4) is 0 Å². The minimum absolute atomic E-state index is 0.446. The van der Waals surface area contributed by atoms with Crippen LogP contribution in [0.1, 0.15) is 12.5 Å². The summed E-state index contributed by atoms with van der Waals surface area (Å²) in [5, 5.41) is 2.76. The fraction of sp³-hybridized carbons (Fsp3) is 0.364. The van der Waals surface area contributed by atoms with Gasteiger partial charge in [-0.1, -0.05) is 30.3 Å². The first kappa shape index (κ1) is 12.6. The highest BCUT2D eigenvalue weighted by Crippen LogP contribution is 2.67. The van der Waals surface area contributed by atoms with Crippen LogP contribution in [-0.2, 0) is 14.4 Å². The van der Waals surface area contributed by atoms with Crippen molar-refractivity contribution in [1.82, 2.24) is 9.99 Å². The third kappa shape index (κ3) is 1.61. The molecule has 0 amide bonds. The first-order valence-corrected chi connectivity index (χ1v) is 7.22.